The number of aryl methyl sites for hydroxylation is 1. The number of hydrogen-bond donors (Lipinski definition) is 3. The van der Waals surface area contributed by atoms with E-state index >= 15 is 0 Å². The summed E-state index contributed by atoms with van der Waals surface area (Å²) >= 11 is 1.31. The Hall–Kier alpha value is -2.81. The number of hydrogen-bond acceptors (Lipinski definition) is 6. The monoisotopic (exact) mass is 344 g/mol. The van der Waals surface area contributed by atoms with Crippen LogP contribution in [0, 0.1) is 0 Å². The molecule has 0 fully saturated rings. The Morgan fingerprint density at radius 2 is 2.08 bits per heavy atom. The third kappa shape index (κ3) is 3.25. The van der Waals surface area contributed by atoms with Crippen LogP contribution in [0.1, 0.15) is 29.3 Å². The molecule has 0 aliphatic rings. The number of H-pyrrole nitrogens is 1. The molecule has 0 bridgehead atoms. The quantitative estimate of drug-likeness (QED) is 0.652. The number of aromatic amines is 1. The highest BCUT2D eigenvalue weighted by Gasteiger charge is 2.21. The molecule has 0 saturated carbocycles. The molecule has 2 heterocycles. The van der Waals surface area contributed by atoms with Crippen LogP contribution in [0.2, 0.25) is 0 Å². The van der Waals surface area contributed by atoms with Crippen molar-refractivity contribution >= 4 is 39.2 Å². The van der Waals surface area contributed by atoms with Crippen LogP contribution in [-0.4, -0.2) is 38.3 Å². The molecule has 3 N–H and O–H groups in total. The van der Waals surface area contributed by atoms with Crippen LogP contribution in [0.4, 0.5) is 5.13 Å². The van der Waals surface area contributed by atoms with Crippen molar-refractivity contribution in [3.05, 3.63) is 35.0 Å². The van der Waals surface area contributed by atoms with E-state index in [0.29, 0.717) is 10.5 Å². The normalized spacial score (nSPS) is 12.1. The Morgan fingerprint density at radius 1 is 1.29 bits per heavy atom. The molecule has 9 heteroatoms. The smallest absolute Gasteiger partial charge is 0.273 e. The lowest BCUT2D eigenvalue weighted by molar-refractivity contribution is -0.117. The molecule has 1 atom stereocenters. The first-order valence-corrected chi connectivity index (χ1v) is 8.27. The Morgan fingerprint density at radius 3 is 2.83 bits per heavy atom. The van der Waals surface area contributed by atoms with Crippen molar-refractivity contribution in [3.8, 4) is 0 Å². The lowest BCUT2D eigenvalue weighted by atomic mass is 10.2. The fourth-order valence-corrected chi connectivity index (χ4v) is 2.81. The molecule has 2 amide bonds. The van der Waals surface area contributed by atoms with Crippen LogP contribution in [-0.2, 0) is 11.2 Å². The van der Waals surface area contributed by atoms with Gasteiger partial charge in [-0.05, 0) is 19.4 Å². The van der Waals surface area contributed by atoms with Gasteiger partial charge in [-0.1, -0.05) is 36.5 Å². The van der Waals surface area contributed by atoms with Gasteiger partial charge in [-0.2, -0.15) is 5.10 Å². The van der Waals surface area contributed by atoms with Crippen molar-refractivity contribution in [2.75, 3.05) is 5.32 Å². The fraction of sp³-hybridized carbons (Fsp3) is 0.267. The van der Waals surface area contributed by atoms with E-state index in [4.69, 9.17) is 0 Å². The predicted molar refractivity (Wildman–Crippen MR) is 90.9 cm³/mol. The highest BCUT2D eigenvalue weighted by atomic mass is 32.1. The lowest BCUT2D eigenvalue weighted by Crippen LogP contribution is -2.41. The maximum absolute atomic E-state index is 12.3. The van der Waals surface area contributed by atoms with Gasteiger partial charge in [0.15, 0.2) is 5.69 Å². The zero-order chi connectivity index (χ0) is 17.1. The second kappa shape index (κ2) is 6.75. The third-order valence-electron chi connectivity index (χ3n) is 3.43. The Balaban J connectivity index is 1.66. The average molecular weight is 344 g/mol. The van der Waals surface area contributed by atoms with Gasteiger partial charge < -0.3 is 5.32 Å². The molecule has 0 saturated heterocycles. The number of carbonyl (C=O) groups is 2. The number of fused-ring (bicyclic) bond motifs is 1. The highest BCUT2D eigenvalue weighted by molar-refractivity contribution is 7.15. The molecular formula is C15H16N6O2S. The summed E-state index contributed by atoms with van der Waals surface area (Å²) in [6, 6.07) is 6.57. The summed E-state index contributed by atoms with van der Waals surface area (Å²) in [6.07, 6.45) is 0.756. The third-order valence-corrected chi connectivity index (χ3v) is 4.41. The minimum atomic E-state index is -0.734. The highest BCUT2D eigenvalue weighted by Crippen LogP contribution is 2.16. The van der Waals surface area contributed by atoms with Gasteiger partial charge in [0.2, 0.25) is 11.0 Å². The first-order valence-electron chi connectivity index (χ1n) is 7.45. The summed E-state index contributed by atoms with van der Waals surface area (Å²) in [7, 11) is 0. The number of para-hydroxylation sites is 1. The topological polar surface area (TPSA) is 113 Å². The Kier molecular flexibility index (Phi) is 4.52. The van der Waals surface area contributed by atoms with Gasteiger partial charge in [0.1, 0.15) is 11.0 Å². The van der Waals surface area contributed by atoms with E-state index in [-0.39, 0.29) is 11.6 Å². The van der Waals surface area contributed by atoms with E-state index in [1.807, 2.05) is 25.1 Å². The SMILES string of the molecule is CCc1nnc(NC(=O)C(C)NC(=O)c2n[nH]c3ccccc23)s1. The number of benzene rings is 1. The predicted octanol–water partition coefficient (Wildman–Crippen LogP) is 1.73. The van der Waals surface area contributed by atoms with Gasteiger partial charge in [-0.15, -0.1) is 10.2 Å². The van der Waals surface area contributed by atoms with Crippen molar-refractivity contribution in [1.82, 2.24) is 25.7 Å². The molecule has 0 radical (unpaired) electrons. The second-order valence-electron chi connectivity index (χ2n) is 5.16. The summed E-state index contributed by atoms with van der Waals surface area (Å²) in [5.41, 5.74) is 1.02. The first-order chi connectivity index (χ1) is 11.6. The van der Waals surface area contributed by atoms with Crippen LogP contribution < -0.4 is 10.6 Å². The van der Waals surface area contributed by atoms with Crippen LogP contribution in [0.5, 0.6) is 0 Å². The van der Waals surface area contributed by atoms with Gasteiger partial charge in [-0.3, -0.25) is 20.0 Å². The van der Waals surface area contributed by atoms with Crippen molar-refractivity contribution in [3.63, 3.8) is 0 Å². The van der Waals surface area contributed by atoms with Gasteiger partial charge in [-0.25, -0.2) is 0 Å². The van der Waals surface area contributed by atoms with E-state index in [0.717, 1.165) is 16.9 Å². The summed E-state index contributed by atoms with van der Waals surface area (Å²) in [5.74, 6) is -0.774. The number of anilines is 1. The molecule has 2 aromatic heterocycles. The molecule has 1 aromatic carbocycles. The molecule has 24 heavy (non-hydrogen) atoms. The molecule has 8 nitrogen and oxygen atoms in total. The number of aromatic nitrogens is 4. The lowest BCUT2D eigenvalue weighted by Gasteiger charge is -2.11. The maximum Gasteiger partial charge on any atom is 0.273 e. The summed E-state index contributed by atoms with van der Waals surface area (Å²) < 4.78 is 0. The van der Waals surface area contributed by atoms with E-state index in [2.05, 4.69) is 31.0 Å². The molecule has 0 aliphatic heterocycles. The van der Waals surface area contributed by atoms with Crippen LogP contribution in [0.25, 0.3) is 10.9 Å². The van der Waals surface area contributed by atoms with Gasteiger partial charge >= 0.3 is 0 Å². The molecule has 3 aromatic rings. The maximum atomic E-state index is 12.3. The first kappa shape index (κ1) is 16.1. The minimum Gasteiger partial charge on any atom is -0.339 e. The van der Waals surface area contributed by atoms with E-state index in [1.54, 1.807) is 13.0 Å². The molecule has 0 spiro atoms. The zero-order valence-electron chi connectivity index (χ0n) is 13.2. The average Bonchev–Trinajstić information content (AvgIpc) is 3.21. The fourth-order valence-electron chi connectivity index (χ4n) is 2.13. The number of nitrogens with one attached hydrogen (secondary N) is 3. The number of rotatable bonds is 5. The van der Waals surface area contributed by atoms with Crippen LogP contribution in [0.3, 0.4) is 0 Å². The largest absolute Gasteiger partial charge is 0.339 e. The van der Waals surface area contributed by atoms with E-state index < -0.39 is 11.9 Å². The summed E-state index contributed by atoms with van der Waals surface area (Å²) in [4.78, 5) is 24.5. The van der Waals surface area contributed by atoms with Crippen molar-refractivity contribution in [1.29, 1.82) is 0 Å². The van der Waals surface area contributed by atoms with Crippen LogP contribution in [0.15, 0.2) is 24.3 Å². The van der Waals surface area contributed by atoms with Gasteiger partial charge in [0, 0.05) is 5.39 Å². The molecular weight excluding hydrogens is 328 g/mol. The van der Waals surface area contributed by atoms with E-state index in [9.17, 15) is 9.59 Å². The Bertz CT molecular complexity index is 887. The number of amides is 2. The standard InChI is InChI=1S/C15H16N6O2S/c1-3-11-19-21-15(24-11)17-13(22)8(2)16-14(23)12-9-6-4-5-7-10(9)18-20-12/h4-8H,3H2,1-2H3,(H,16,23)(H,18,20)(H,17,21,22). The number of nitrogens with zero attached hydrogens (tertiary/aromatic N) is 3. The molecule has 3 rings (SSSR count). The second-order valence-corrected chi connectivity index (χ2v) is 6.22. The summed E-state index contributed by atoms with van der Waals surface area (Å²) in [6.45, 7) is 3.56. The minimum absolute atomic E-state index is 0.259. The van der Waals surface area contributed by atoms with E-state index in [1.165, 1.54) is 11.3 Å². The van der Waals surface area contributed by atoms with Gasteiger partial charge in [0.05, 0.1) is 5.52 Å². The molecule has 1 unspecified atom stereocenters. The zero-order valence-corrected chi connectivity index (χ0v) is 14.0. The molecule has 124 valence electrons. The summed E-state index contributed by atoms with van der Waals surface area (Å²) in [5, 5.41) is 21.9. The van der Waals surface area contributed by atoms with Crippen molar-refractivity contribution < 1.29 is 9.59 Å². The Labute approximate surface area is 141 Å². The van der Waals surface area contributed by atoms with Crippen molar-refractivity contribution in [2.24, 2.45) is 0 Å². The molecule has 0 aliphatic carbocycles. The van der Waals surface area contributed by atoms with Crippen molar-refractivity contribution in [2.45, 2.75) is 26.3 Å². The van der Waals surface area contributed by atoms with Gasteiger partial charge in [0.25, 0.3) is 5.91 Å². The van der Waals surface area contributed by atoms with Crippen LogP contribution >= 0.6 is 11.3 Å². The number of carbonyl (C=O) groups excluding carboxylic acids is 2.